The third-order valence-electron chi connectivity index (χ3n) is 6.68. The van der Waals surface area contributed by atoms with Gasteiger partial charge < -0.3 is 0 Å². The van der Waals surface area contributed by atoms with Gasteiger partial charge in [-0.1, -0.05) is 49.4 Å². The van der Waals surface area contributed by atoms with Crippen LogP contribution in [-0.4, -0.2) is 41.6 Å². The lowest BCUT2D eigenvalue weighted by Crippen LogP contribution is -2.48. The Balaban J connectivity index is 1.46. The fourth-order valence-corrected chi connectivity index (χ4v) is 5.01. The van der Waals surface area contributed by atoms with Crippen molar-refractivity contribution in [2.45, 2.75) is 52.2 Å². The molecule has 0 spiro atoms. The summed E-state index contributed by atoms with van der Waals surface area (Å²) in [6.45, 7) is 10.4. The van der Waals surface area contributed by atoms with Crippen LogP contribution in [0.5, 0.6) is 0 Å². The van der Waals surface area contributed by atoms with Crippen LogP contribution in [0.4, 0.5) is 0 Å². The van der Waals surface area contributed by atoms with Gasteiger partial charge in [-0.25, -0.2) is 0 Å². The molecule has 1 unspecified atom stereocenters. The van der Waals surface area contributed by atoms with E-state index in [0.29, 0.717) is 17.8 Å². The van der Waals surface area contributed by atoms with Crippen molar-refractivity contribution in [2.24, 2.45) is 0 Å². The van der Waals surface area contributed by atoms with Crippen molar-refractivity contribution in [2.75, 3.05) is 19.6 Å². The quantitative estimate of drug-likeness (QED) is 0.472. The molecule has 3 nitrogen and oxygen atoms in total. The van der Waals surface area contributed by atoms with Crippen molar-refractivity contribution >= 4 is 10.8 Å². The van der Waals surface area contributed by atoms with Gasteiger partial charge in [-0.15, -0.1) is 0 Å². The second kappa shape index (κ2) is 9.64. The molecular formula is C28H33N3. The summed E-state index contributed by atoms with van der Waals surface area (Å²) in [6.07, 6.45) is 4.30. The third kappa shape index (κ3) is 4.82. The molecule has 1 aliphatic rings. The lowest BCUT2D eigenvalue weighted by atomic mass is 9.98. The summed E-state index contributed by atoms with van der Waals surface area (Å²) in [5, 5.41) is 11.6. The molecule has 4 rings (SSSR count). The predicted molar refractivity (Wildman–Crippen MR) is 130 cm³/mol. The molecule has 3 heteroatoms. The Morgan fingerprint density at radius 2 is 1.71 bits per heavy atom. The van der Waals surface area contributed by atoms with Crippen LogP contribution in [0.2, 0.25) is 0 Å². The fraction of sp³-hybridized carbons (Fsp3) is 0.393. The molecule has 0 saturated carbocycles. The van der Waals surface area contributed by atoms with E-state index in [-0.39, 0.29) is 0 Å². The average Bonchev–Trinajstić information content (AvgIpc) is 3.25. The topological polar surface area (TPSA) is 30.3 Å². The van der Waals surface area contributed by atoms with Gasteiger partial charge in [0.15, 0.2) is 0 Å². The minimum atomic E-state index is 0.598. The second-order valence-electron chi connectivity index (χ2n) is 8.92. The minimum absolute atomic E-state index is 0.598. The summed E-state index contributed by atoms with van der Waals surface area (Å²) in [7, 11) is 0. The second-order valence-corrected chi connectivity index (χ2v) is 8.92. The van der Waals surface area contributed by atoms with Gasteiger partial charge in [0.2, 0.25) is 0 Å². The molecule has 0 aliphatic carbocycles. The van der Waals surface area contributed by atoms with Crippen LogP contribution in [0.25, 0.3) is 21.9 Å². The molecule has 1 heterocycles. The molecular weight excluding hydrogens is 378 g/mol. The molecule has 31 heavy (non-hydrogen) atoms. The number of fused-ring (bicyclic) bond motifs is 1. The summed E-state index contributed by atoms with van der Waals surface area (Å²) >= 11 is 0. The molecule has 3 aromatic carbocycles. The van der Waals surface area contributed by atoms with Gasteiger partial charge >= 0.3 is 0 Å². The number of benzene rings is 3. The number of nitriles is 1. The number of nitrogens with zero attached hydrogens (tertiary/aromatic N) is 3. The maximum Gasteiger partial charge on any atom is 0.0991 e. The van der Waals surface area contributed by atoms with Crippen molar-refractivity contribution in [3.8, 4) is 17.2 Å². The van der Waals surface area contributed by atoms with Gasteiger partial charge in [-0.05, 0) is 91.9 Å². The maximum absolute atomic E-state index is 9.00. The number of hydrogen-bond donors (Lipinski definition) is 0. The van der Waals surface area contributed by atoms with Gasteiger partial charge in [0.05, 0.1) is 17.8 Å². The smallest absolute Gasteiger partial charge is 0.0991 e. The zero-order valence-electron chi connectivity index (χ0n) is 19.0. The highest BCUT2D eigenvalue weighted by Gasteiger charge is 2.29. The maximum atomic E-state index is 9.00. The Morgan fingerprint density at radius 1 is 1.00 bits per heavy atom. The highest BCUT2D eigenvalue weighted by atomic mass is 15.4. The predicted octanol–water partition coefficient (Wildman–Crippen LogP) is 6.07. The molecule has 160 valence electrons. The highest BCUT2D eigenvalue weighted by molar-refractivity contribution is 5.87. The molecule has 1 atom stereocenters. The fourth-order valence-electron chi connectivity index (χ4n) is 5.01. The van der Waals surface area contributed by atoms with Gasteiger partial charge in [-0.3, -0.25) is 9.80 Å². The molecule has 0 radical (unpaired) electrons. The van der Waals surface area contributed by atoms with Crippen molar-refractivity contribution < 1.29 is 0 Å². The average molecular weight is 412 g/mol. The minimum Gasteiger partial charge on any atom is -0.288 e. The van der Waals surface area contributed by atoms with Gasteiger partial charge in [0.25, 0.3) is 0 Å². The molecule has 1 aliphatic heterocycles. The summed E-state index contributed by atoms with van der Waals surface area (Å²) < 4.78 is 0. The van der Waals surface area contributed by atoms with E-state index in [1.54, 1.807) is 0 Å². The number of hydrogen-bond acceptors (Lipinski definition) is 3. The van der Waals surface area contributed by atoms with E-state index in [0.717, 1.165) is 25.1 Å². The molecule has 3 aromatic rings. The van der Waals surface area contributed by atoms with Gasteiger partial charge in [-0.2, -0.15) is 5.26 Å². The SMILES string of the molecule is CCN(C(C)C)C1CCCN1CCc1ccc2cc(-c3ccc(C#N)cc3)ccc2c1. The van der Waals surface area contributed by atoms with Crippen LogP contribution < -0.4 is 0 Å². The van der Waals surface area contributed by atoms with Gasteiger partial charge in [0, 0.05) is 12.6 Å². The van der Waals surface area contributed by atoms with Crippen LogP contribution in [0, 0.1) is 11.3 Å². The molecule has 0 bridgehead atoms. The van der Waals surface area contributed by atoms with Crippen molar-refractivity contribution in [3.05, 3.63) is 71.8 Å². The lowest BCUT2D eigenvalue weighted by Gasteiger charge is -2.37. The standard InChI is InChI=1S/C28H33N3/c1-4-31(21(2)3)28-6-5-16-30(28)17-15-22-7-12-27-19-26(14-13-25(27)18-22)24-10-8-23(20-29)9-11-24/h7-14,18-19,21,28H,4-6,15-17H2,1-3H3. The zero-order chi connectivity index (χ0) is 21.8. The van der Waals surface area contributed by atoms with E-state index in [1.807, 2.05) is 24.3 Å². The largest absolute Gasteiger partial charge is 0.288 e. The molecule has 1 saturated heterocycles. The number of rotatable bonds is 7. The zero-order valence-corrected chi connectivity index (χ0v) is 19.0. The van der Waals surface area contributed by atoms with Crippen LogP contribution in [0.15, 0.2) is 60.7 Å². The Labute approximate surface area is 186 Å². The molecule has 0 amide bonds. The summed E-state index contributed by atoms with van der Waals surface area (Å²) in [6, 6.07) is 24.2. The summed E-state index contributed by atoms with van der Waals surface area (Å²) in [4.78, 5) is 5.32. The Hall–Kier alpha value is -2.67. The van der Waals surface area contributed by atoms with E-state index >= 15 is 0 Å². The van der Waals surface area contributed by atoms with Gasteiger partial charge in [0.1, 0.15) is 0 Å². The molecule has 0 N–H and O–H groups in total. The van der Waals surface area contributed by atoms with Crippen LogP contribution in [-0.2, 0) is 6.42 Å². The first kappa shape index (κ1) is 21.6. The Morgan fingerprint density at radius 3 is 2.42 bits per heavy atom. The summed E-state index contributed by atoms with van der Waals surface area (Å²) in [5.74, 6) is 0. The summed E-state index contributed by atoms with van der Waals surface area (Å²) in [5.41, 5.74) is 4.45. The first-order chi connectivity index (χ1) is 15.1. The van der Waals surface area contributed by atoms with E-state index in [2.05, 4.69) is 73.0 Å². The highest BCUT2D eigenvalue weighted by Crippen LogP contribution is 2.27. The molecule has 1 fully saturated rings. The third-order valence-corrected chi connectivity index (χ3v) is 6.68. The van der Waals surface area contributed by atoms with E-state index in [1.165, 1.54) is 41.3 Å². The monoisotopic (exact) mass is 411 g/mol. The van der Waals surface area contributed by atoms with Crippen molar-refractivity contribution in [1.29, 1.82) is 5.26 Å². The van der Waals surface area contributed by atoms with E-state index < -0.39 is 0 Å². The van der Waals surface area contributed by atoms with Crippen molar-refractivity contribution in [1.82, 2.24) is 9.80 Å². The van der Waals surface area contributed by atoms with E-state index in [9.17, 15) is 0 Å². The van der Waals surface area contributed by atoms with Crippen LogP contribution in [0.1, 0.15) is 44.7 Å². The van der Waals surface area contributed by atoms with E-state index in [4.69, 9.17) is 5.26 Å². The Kier molecular flexibility index (Phi) is 6.70. The van der Waals surface area contributed by atoms with Crippen LogP contribution in [0.3, 0.4) is 0 Å². The first-order valence-corrected chi connectivity index (χ1v) is 11.6. The number of likely N-dealkylation sites (tertiary alicyclic amines) is 1. The lowest BCUT2D eigenvalue weighted by molar-refractivity contribution is 0.0550. The van der Waals surface area contributed by atoms with Crippen LogP contribution >= 0.6 is 0 Å². The molecule has 0 aromatic heterocycles. The Bertz CT molecular complexity index is 1060. The normalized spacial score (nSPS) is 17.0. The van der Waals surface area contributed by atoms with Crippen molar-refractivity contribution in [3.63, 3.8) is 0 Å². The first-order valence-electron chi connectivity index (χ1n) is 11.6.